The van der Waals surface area contributed by atoms with Gasteiger partial charge in [-0.3, -0.25) is 0 Å². The molecule has 2 atom stereocenters. The molecule has 2 aliphatic rings. The molecule has 1 aliphatic heterocycles. The van der Waals surface area contributed by atoms with E-state index in [2.05, 4.69) is 41.4 Å². The topological polar surface area (TPSA) is 15.3 Å². The van der Waals surface area contributed by atoms with Crippen molar-refractivity contribution in [1.82, 2.24) is 5.32 Å². The zero-order valence-electron chi connectivity index (χ0n) is 10.7. The molecule has 2 heteroatoms. The van der Waals surface area contributed by atoms with Gasteiger partial charge in [-0.2, -0.15) is 0 Å². The van der Waals surface area contributed by atoms with E-state index in [4.69, 9.17) is 0 Å². The van der Waals surface area contributed by atoms with E-state index in [9.17, 15) is 0 Å². The molecule has 1 heterocycles. The molecule has 1 aromatic carbocycles. The van der Waals surface area contributed by atoms with Gasteiger partial charge in [-0.25, -0.2) is 0 Å². The second kappa shape index (κ2) is 4.69. The lowest BCUT2D eigenvalue weighted by Gasteiger charge is -2.46. The first kappa shape index (κ1) is 11.1. The summed E-state index contributed by atoms with van der Waals surface area (Å²) in [4.78, 5) is 2.62. The molecule has 0 radical (unpaired) electrons. The minimum Gasteiger partial charge on any atom is -0.366 e. The van der Waals surface area contributed by atoms with Gasteiger partial charge in [0.2, 0.25) is 0 Å². The average Bonchev–Trinajstić information content (AvgIpc) is 2.39. The first-order valence-corrected chi connectivity index (χ1v) is 6.91. The lowest BCUT2D eigenvalue weighted by molar-refractivity contribution is 0.284. The molecule has 17 heavy (non-hydrogen) atoms. The van der Waals surface area contributed by atoms with Crippen LogP contribution >= 0.6 is 0 Å². The van der Waals surface area contributed by atoms with E-state index >= 15 is 0 Å². The fraction of sp³-hybridized carbons (Fsp3) is 0.600. The number of nitrogens with one attached hydrogen (secondary N) is 1. The van der Waals surface area contributed by atoms with Gasteiger partial charge >= 0.3 is 0 Å². The standard InChI is InChI=1S/C15H22N2/c1-12-6-8-13(9-7-12)17-11-10-16-14-4-2-3-5-15(14)17/h6-9,14-16H,2-5,10-11H2,1H3/t14-,15-/m0/s1. The molecular weight excluding hydrogens is 208 g/mol. The van der Waals surface area contributed by atoms with Crippen LogP contribution in [-0.4, -0.2) is 25.2 Å². The van der Waals surface area contributed by atoms with Gasteiger partial charge in [-0.15, -0.1) is 0 Å². The van der Waals surface area contributed by atoms with E-state index in [0.29, 0.717) is 0 Å². The number of hydrogen-bond acceptors (Lipinski definition) is 2. The number of hydrogen-bond donors (Lipinski definition) is 1. The quantitative estimate of drug-likeness (QED) is 0.798. The number of nitrogens with zero attached hydrogens (tertiary/aromatic N) is 1. The van der Waals surface area contributed by atoms with Gasteiger partial charge in [0.1, 0.15) is 0 Å². The van der Waals surface area contributed by atoms with E-state index in [1.54, 1.807) is 0 Å². The number of fused-ring (bicyclic) bond motifs is 1. The summed E-state index contributed by atoms with van der Waals surface area (Å²) in [5.41, 5.74) is 2.76. The molecule has 1 saturated heterocycles. The highest BCUT2D eigenvalue weighted by Gasteiger charge is 2.32. The summed E-state index contributed by atoms with van der Waals surface area (Å²) in [6, 6.07) is 10.5. The maximum atomic E-state index is 3.69. The molecule has 3 rings (SSSR count). The van der Waals surface area contributed by atoms with Crippen LogP contribution in [0.5, 0.6) is 0 Å². The van der Waals surface area contributed by atoms with Gasteiger partial charge in [0.05, 0.1) is 0 Å². The van der Waals surface area contributed by atoms with E-state index in [-0.39, 0.29) is 0 Å². The molecule has 0 unspecified atom stereocenters. The van der Waals surface area contributed by atoms with E-state index < -0.39 is 0 Å². The first-order valence-electron chi connectivity index (χ1n) is 6.91. The van der Waals surface area contributed by atoms with Gasteiger partial charge in [-0.1, -0.05) is 30.5 Å². The van der Waals surface area contributed by atoms with Crippen LogP contribution in [0.3, 0.4) is 0 Å². The molecule has 1 aromatic rings. The van der Waals surface area contributed by atoms with Crippen molar-refractivity contribution in [2.75, 3.05) is 18.0 Å². The SMILES string of the molecule is Cc1ccc(N2CCN[C@H]3CCCC[C@@H]32)cc1. The van der Waals surface area contributed by atoms with E-state index in [1.165, 1.54) is 36.9 Å². The van der Waals surface area contributed by atoms with Crippen molar-refractivity contribution in [3.63, 3.8) is 0 Å². The predicted molar refractivity (Wildman–Crippen MR) is 72.6 cm³/mol. The highest BCUT2D eigenvalue weighted by Crippen LogP contribution is 2.29. The molecule has 0 aromatic heterocycles. The predicted octanol–water partition coefficient (Wildman–Crippen LogP) is 2.72. The maximum absolute atomic E-state index is 3.69. The Morgan fingerprint density at radius 2 is 1.88 bits per heavy atom. The van der Waals surface area contributed by atoms with E-state index in [0.717, 1.165) is 25.2 Å². The Kier molecular flexibility index (Phi) is 3.06. The molecule has 1 N–H and O–H groups in total. The summed E-state index contributed by atoms with van der Waals surface area (Å²) >= 11 is 0. The Bertz CT molecular complexity index is 369. The van der Waals surface area contributed by atoms with Crippen LogP contribution in [-0.2, 0) is 0 Å². The molecule has 0 spiro atoms. The minimum atomic E-state index is 0.721. The Hall–Kier alpha value is -1.02. The van der Waals surface area contributed by atoms with Gasteiger partial charge in [0, 0.05) is 30.9 Å². The third-order valence-corrected chi connectivity index (χ3v) is 4.25. The Morgan fingerprint density at radius 1 is 1.12 bits per heavy atom. The summed E-state index contributed by atoms with van der Waals surface area (Å²) in [7, 11) is 0. The summed E-state index contributed by atoms with van der Waals surface area (Å²) < 4.78 is 0. The van der Waals surface area contributed by atoms with Crippen LogP contribution in [0.25, 0.3) is 0 Å². The minimum absolute atomic E-state index is 0.721. The Labute approximate surface area is 104 Å². The Balaban J connectivity index is 1.83. The van der Waals surface area contributed by atoms with Crippen LogP contribution < -0.4 is 10.2 Å². The maximum Gasteiger partial charge on any atom is 0.0443 e. The molecule has 1 aliphatic carbocycles. The van der Waals surface area contributed by atoms with E-state index in [1.807, 2.05) is 0 Å². The van der Waals surface area contributed by atoms with Crippen molar-refractivity contribution in [1.29, 1.82) is 0 Å². The number of rotatable bonds is 1. The molecule has 0 amide bonds. The summed E-state index contributed by atoms with van der Waals surface area (Å²) in [5.74, 6) is 0. The number of benzene rings is 1. The normalized spacial score (nSPS) is 28.9. The van der Waals surface area contributed by atoms with Crippen molar-refractivity contribution < 1.29 is 0 Å². The lowest BCUT2D eigenvalue weighted by atomic mass is 9.87. The Morgan fingerprint density at radius 3 is 2.71 bits per heavy atom. The van der Waals surface area contributed by atoms with Crippen molar-refractivity contribution >= 4 is 5.69 Å². The zero-order chi connectivity index (χ0) is 11.7. The van der Waals surface area contributed by atoms with Crippen molar-refractivity contribution in [3.05, 3.63) is 29.8 Å². The third-order valence-electron chi connectivity index (χ3n) is 4.25. The molecule has 0 bridgehead atoms. The van der Waals surface area contributed by atoms with Gasteiger partial charge in [0.15, 0.2) is 0 Å². The van der Waals surface area contributed by atoms with Crippen LogP contribution in [0.1, 0.15) is 31.2 Å². The lowest BCUT2D eigenvalue weighted by Crippen LogP contribution is -2.59. The second-order valence-electron chi connectivity index (χ2n) is 5.44. The fourth-order valence-corrected chi connectivity index (χ4v) is 3.32. The van der Waals surface area contributed by atoms with Crippen molar-refractivity contribution in [2.45, 2.75) is 44.7 Å². The monoisotopic (exact) mass is 230 g/mol. The highest BCUT2D eigenvalue weighted by atomic mass is 15.2. The average molecular weight is 230 g/mol. The first-order chi connectivity index (χ1) is 8.34. The summed E-state index contributed by atoms with van der Waals surface area (Å²) in [5, 5.41) is 3.69. The smallest absolute Gasteiger partial charge is 0.0443 e. The summed E-state index contributed by atoms with van der Waals surface area (Å²) in [6.07, 6.45) is 5.50. The van der Waals surface area contributed by atoms with Crippen molar-refractivity contribution in [2.24, 2.45) is 0 Å². The fourth-order valence-electron chi connectivity index (χ4n) is 3.32. The van der Waals surface area contributed by atoms with Gasteiger partial charge < -0.3 is 10.2 Å². The molecule has 2 nitrogen and oxygen atoms in total. The van der Waals surface area contributed by atoms with Crippen molar-refractivity contribution in [3.8, 4) is 0 Å². The zero-order valence-corrected chi connectivity index (χ0v) is 10.7. The largest absolute Gasteiger partial charge is 0.366 e. The van der Waals surface area contributed by atoms with Crippen LogP contribution in [0.2, 0.25) is 0 Å². The van der Waals surface area contributed by atoms with Crippen LogP contribution in [0.15, 0.2) is 24.3 Å². The van der Waals surface area contributed by atoms with Crippen LogP contribution in [0.4, 0.5) is 5.69 Å². The molecule has 2 fully saturated rings. The highest BCUT2D eigenvalue weighted by molar-refractivity contribution is 5.49. The molecular formula is C15H22N2. The summed E-state index contributed by atoms with van der Waals surface area (Å²) in [6.45, 7) is 4.45. The molecule has 92 valence electrons. The van der Waals surface area contributed by atoms with Gasteiger partial charge in [0.25, 0.3) is 0 Å². The number of aryl methyl sites for hydroxylation is 1. The van der Waals surface area contributed by atoms with Crippen LogP contribution in [0, 0.1) is 6.92 Å². The number of anilines is 1. The third kappa shape index (κ3) is 2.19. The van der Waals surface area contributed by atoms with Gasteiger partial charge in [-0.05, 0) is 31.9 Å². The molecule has 1 saturated carbocycles. The number of piperazine rings is 1. The second-order valence-corrected chi connectivity index (χ2v) is 5.44.